The van der Waals surface area contributed by atoms with Crippen molar-refractivity contribution in [3.8, 4) is 0 Å². The minimum absolute atomic E-state index is 0.0587. The molecule has 3 N–H and O–H groups in total. The number of ketones is 1. The van der Waals surface area contributed by atoms with Crippen LogP contribution in [-0.4, -0.2) is 34.2 Å². The number of hydrogen-bond donors (Lipinski definition) is 3. The van der Waals surface area contributed by atoms with Crippen molar-refractivity contribution >= 4 is 23.4 Å². The Hall–Kier alpha value is -2.83. The zero-order chi connectivity index (χ0) is 20.4. The third kappa shape index (κ3) is 4.78. The summed E-state index contributed by atoms with van der Waals surface area (Å²) in [6.45, 7) is 3.83. The predicted molar refractivity (Wildman–Crippen MR) is 110 cm³/mol. The molecule has 1 heterocycles. The number of carbonyl (C=O) groups is 2. The number of amides is 1. The molecule has 1 aromatic heterocycles. The highest BCUT2D eigenvalue weighted by Crippen LogP contribution is 2.36. The Bertz CT molecular complexity index is 905. The molecule has 154 valence electrons. The predicted octanol–water partition coefficient (Wildman–Crippen LogP) is 3.98. The maximum Gasteiger partial charge on any atom is 0.407 e. The summed E-state index contributed by atoms with van der Waals surface area (Å²) in [5.41, 5.74) is 4.36. The number of hydrogen-bond acceptors (Lipinski definition) is 5. The summed E-state index contributed by atoms with van der Waals surface area (Å²) in [7, 11) is 0. The quantitative estimate of drug-likeness (QED) is 0.710. The molecule has 0 saturated heterocycles. The van der Waals surface area contributed by atoms with Gasteiger partial charge in [0.05, 0.1) is 0 Å². The Morgan fingerprint density at radius 3 is 2.90 bits per heavy atom. The van der Waals surface area contributed by atoms with E-state index in [1.165, 1.54) is 5.56 Å². The van der Waals surface area contributed by atoms with Crippen molar-refractivity contribution in [3.63, 3.8) is 0 Å². The molecule has 1 fully saturated rings. The van der Waals surface area contributed by atoms with E-state index in [1.54, 1.807) is 0 Å². The van der Waals surface area contributed by atoms with Crippen LogP contribution >= 0.6 is 0 Å². The number of benzene rings is 1. The number of Topliss-reactive ketones (excluding diaryl/α,β-unsaturated/α-hetero) is 1. The molecule has 0 aliphatic heterocycles. The fraction of sp³-hybridized carbons (Fsp3) is 0.500. The second-order valence-electron chi connectivity index (χ2n) is 8.37. The summed E-state index contributed by atoms with van der Waals surface area (Å²) in [5, 5.41) is 13.6. The number of aromatic amines is 1. The summed E-state index contributed by atoms with van der Waals surface area (Å²) in [4.78, 5) is 23.5. The lowest BCUT2D eigenvalue weighted by molar-refractivity contribution is -0.118. The lowest BCUT2D eigenvalue weighted by Gasteiger charge is -2.16. The number of anilines is 2. The van der Waals surface area contributed by atoms with Crippen LogP contribution < -0.4 is 10.6 Å². The summed E-state index contributed by atoms with van der Waals surface area (Å²) >= 11 is 0. The highest BCUT2D eigenvalue weighted by Gasteiger charge is 2.30. The van der Waals surface area contributed by atoms with Gasteiger partial charge in [0.25, 0.3) is 0 Å². The van der Waals surface area contributed by atoms with Crippen molar-refractivity contribution in [2.75, 3.05) is 5.32 Å². The highest BCUT2D eigenvalue weighted by atomic mass is 16.6. The first-order valence-electron chi connectivity index (χ1n) is 10.4. The number of ether oxygens (including phenoxy) is 1. The number of fused-ring (bicyclic) bond motifs is 1. The first kappa shape index (κ1) is 19.5. The van der Waals surface area contributed by atoms with E-state index in [9.17, 15) is 9.59 Å². The van der Waals surface area contributed by atoms with Gasteiger partial charge in [0, 0.05) is 42.2 Å². The smallest absolute Gasteiger partial charge is 0.407 e. The van der Waals surface area contributed by atoms with Crippen LogP contribution in [0, 0.1) is 0 Å². The third-order valence-corrected chi connectivity index (χ3v) is 5.64. The topological polar surface area (TPSA) is 96.1 Å². The van der Waals surface area contributed by atoms with Crippen LogP contribution in [0.3, 0.4) is 0 Å². The van der Waals surface area contributed by atoms with E-state index in [0.29, 0.717) is 24.5 Å². The van der Waals surface area contributed by atoms with Gasteiger partial charge in [-0.15, -0.1) is 0 Å². The van der Waals surface area contributed by atoms with Gasteiger partial charge >= 0.3 is 6.09 Å². The monoisotopic (exact) mass is 396 g/mol. The maximum atomic E-state index is 11.8. The molecule has 0 bridgehead atoms. The van der Waals surface area contributed by atoms with Gasteiger partial charge in [0.2, 0.25) is 0 Å². The molecule has 1 saturated carbocycles. The summed E-state index contributed by atoms with van der Waals surface area (Å²) in [6.07, 6.45) is 4.21. The maximum absolute atomic E-state index is 11.8. The van der Waals surface area contributed by atoms with E-state index in [2.05, 4.69) is 26.9 Å². The van der Waals surface area contributed by atoms with Crippen molar-refractivity contribution in [2.45, 2.75) is 70.4 Å². The third-order valence-electron chi connectivity index (χ3n) is 5.64. The Labute approximate surface area is 170 Å². The van der Waals surface area contributed by atoms with Crippen LogP contribution in [0.5, 0.6) is 0 Å². The first-order chi connectivity index (χ1) is 14.0. The number of aryl methyl sites for hydroxylation is 1. The van der Waals surface area contributed by atoms with Crippen LogP contribution in [0.4, 0.5) is 16.3 Å². The number of H-pyrrole nitrogens is 1. The Morgan fingerprint density at radius 1 is 1.21 bits per heavy atom. The average Bonchev–Trinajstić information content (AvgIpc) is 3.30. The molecule has 1 unspecified atom stereocenters. The van der Waals surface area contributed by atoms with Crippen molar-refractivity contribution < 1.29 is 14.3 Å². The molecule has 7 nitrogen and oxygen atoms in total. The molecule has 1 amide bonds. The molecule has 1 aromatic carbocycles. The first-order valence-corrected chi connectivity index (χ1v) is 10.4. The molecule has 2 atom stereocenters. The van der Waals surface area contributed by atoms with Gasteiger partial charge in [0.1, 0.15) is 11.9 Å². The number of carbonyl (C=O) groups excluding carboxylic acids is 2. The van der Waals surface area contributed by atoms with Crippen LogP contribution in [-0.2, 0) is 22.4 Å². The number of nitrogens with zero attached hydrogens (tertiary/aromatic N) is 1. The summed E-state index contributed by atoms with van der Waals surface area (Å²) < 4.78 is 5.51. The van der Waals surface area contributed by atoms with Gasteiger partial charge in [-0.1, -0.05) is 6.07 Å². The van der Waals surface area contributed by atoms with E-state index >= 15 is 0 Å². The van der Waals surface area contributed by atoms with Gasteiger partial charge < -0.3 is 15.4 Å². The van der Waals surface area contributed by atoms with Gasteiger partial charge in [0.15, 0.2) is 5.82 Å². The van der Waals surface area contributed by atoms with Crippen molar-refractivity contribution in [1.29, 1.82) is 0 Å². The zero-order valence-corrected chi connectivity index (χ0v) is 17.0. The van der Waals surface area contributed by atoms with Crippen LogP contribution in [0.1, 0.15) is 62.3 Å². The Balaban J connectivity index is 1.35. The molecule has 0 spiro atoms. The number of nitrogens with one attached hydrogen (secondary N) is 3. The Kier molecular flexibility index (Phi) is 5.56. The van der Waals surface area contributed by atoms with Crippen molar-refractivity contribution in [1.82, 2.24) is 15.5 Å². The van der Waals surface area contributed by atoms with E-state index in [0.717, 1.165) is 48.4 Å². The standard InChI is InChI=1S/C22H28N4O3/c1-13(2)23-22(28)29-19-8-5-15(11-19)20-12-21(26-25-20)24-17-6-3-14-4-7-18(27)10-16(14)9-17/h3,6,9,12-13,15,19H,4-5,7-8,10-11H2,1-2H3,(H,23,28)(H2,24,25,26)/t15-,19?/m0/s1. The minimum atomic E-state index is -0.344. The van der Waals surface area contributed by atoms with E-state index in [1.807, 2.05) is 32.0 Å². The molecular formula is C22H28N4O3. The van der Waals surface area contributed by atoms with Crippen LogP contribution in [0.15, 0.2) is 24.3 Å². The lowest BCUT2D eigenvalue weighted by Crippen LogP contribution is -2.33. The van der Waals surface area contributed by atoms with E-state index in [-0.39, 0.29) is 18.2 Å². The molecule has 0 radical (unpaired) electrons. The normalized spacial score (nSPS) is 21.1. The average molecular weight is 396 g/mol. The van der Waals surface area contributed by atoms with Gasteiger partial charge in [-0.2, -0.15) is 5.10 Å². The van der Waals surface area contributed by atoms with Gasteiger partial charge in [-0.3, -0.25) is 9.89 Å². The SMILES string of the molecule is CC(C)NC(=O)OC1CC[C@H](c2cc(Nc3ccc4c(c3)CC(=O)CC4)n[nH]2)C1. The van der Waals surface area contributed by atoms with E-state index < -0.39 is 0 Å². The highest BCUT2D eigenvalue weighted by molar-refractivity contribution is 5.83. The van der Waals surface area contributed by atoms with Crippen molar-refractivity contribution in [3.05, 3.63) is 41.1 Å². The molecule has 2 aliphatic rings. The fourth-order valence-electron chi connectivity index (χ4n) is 4.20. The number of aromatic nitrogens is 2. The van der Waals surface area contributed by atoms with Crippen LogP contribution in [0.2, 0.25) is 0 Å². The Morgan fingerprint density at radius 2 is 2.07 bits per heavy atom. The molecule has 2 aliphatic carbocycles. The van der Waals surface area contributed by atoms with Gasteiger partial charge in [-0.05, 0) is 62.8 Å². The van der Waals surface area contributed by atoms with E-state index in [4.69, 9.17) is 4.74 Å². The molecule has 7 heteroatoms. The second kappa shape index (κ2) is 8.27. The van der Waals surface area contributed by atoms with Crippen LogP contribution in [0.25, 0.3) is 0 Å². The zero-order valence-electron chi connectivity index (χ0n) is 17.0. The molecule has 2 aromatic rings. The largest absolute Gasteiger partial charge is 0.446 e. The lowest BCUT2D eigenvalue weighted by atomic mass is 9.90. The fourth-order valence-corrected chi connectivity index (χ4v) is 4.20. The molecule has 29 heavy (non-hydrogen) atoms. The number of rotatable bonds is 5. The van der Waals surface area contributed by atoms with Gasteiger partial charge in [-0.25, -0.2) is 4.79 Å². The minimum Gasteiger partial charge on any atom is -0.446 e. The summed E-state index contributed by atoms with van der Waals surface area (Å²) in [5.74, 6) is 1.36. The number of alkyl carbamates (subject to hydrolysis) is 1. The molecule has 4 rings (SSSR count). The second-order valence-corrected chi connectivity index (χ2v) is 8.37. The summed E-state index contributed by atoms with van der Waals surface area (Å²) in [6, 6.07) is 8.27. The van der Waals surface area contributed by atoms with Crippen molar-refractivity contribution in [2.24, 2.45) is 0 Å². The molecular weight excluding hydrogens is 368 g/mol.